The molecule has 1 saturated heterocycles. The van der Waals surface area contributed by atoms with E-state index >= 15 is 0 Å². The van der Waals surface area contributed by atoms with Crippen LogP contribution < -0.4 is 11.2 Å². The maximum absolute atomic E-state index is 13.1. The van der Waals surface area contributed by atoms with Crippen LogP contribution in [0, 0.1) is 6.92 Å². The predicted molar refractivity (Wildman–Crippen MR) is 113 cm³/mol. The second-order valence-corrected chi connectivity index (χ2v) is 9.29. The Balaban J connectivity index is 1.76. The maximum atomic E-state index is 13.1. The van der Waals surface area contributed by atoms with Crippen molar-refractivity contribution in [3.05, 3.63) is 48.3 Å². The zero-order chi connectivity index (χ0) is 20.8. The van der Waals surface area contributed by atoms with Gasteiger partial charge in [0.1, 0.15) is 0 Å². The van der Waals surface area contributed by atoms with E-state index in [9.17, 15) is 13.5 Å². The Morgan fingerprint density at radius 1 is 1.28 bits per heavy atom. The predicted octanol–water partition coefficient (Wildman–Crippen LogP) is 2.34. The lowest BCUT2D eigenvalue weighted by atomic mass is 10.1. The molecule has 0 amide bonds. The lowest BCUT2D eigenvalue weighted by molar-refractivity contribution is 0.182. The molecule has 1 aliphatic heterocycles. The number of hydrogen-bond acceptors (Lipinski definition) is 7. The van der Waals surface area contributed by atoms with Crippen molar-refractivity contribution in [2.75, 3.05) is 17.7 Å². The average Bonchev–Trinajstić information content (AvgIpc) is 3.28. The molecule has 3 heterocycles. The first-order valence-electron chi connectivity index (χ1n) is 9.60. The zero-order valence-electron chi connectivity index (χ0n) is 16.4. The molecule has 0 aliphatic carbocycles. The van der Waals surface area contributed by atoms with E-state index in [-0.39, 0.29) is 10.9 Å². The van der Waals surface area contributed by atoms with Crippen LogP contribution in [0.5, 0.6) is 0 Å². The molecule has 4 N–H and O–H groups in total. The number of nitrogens with zero attached hydrogens (tertiary/aromatic N) is 3. The number of nitrogens with one attached hydrogen (secondary N) is 1. The summed E-state index contributed by atoms with van der Waals surface area (Å²) in [7, 11) is -3.79. The fraction of sp³-hybridized carbons (Fsp3) is 0.350. The van der Waals surface area contributed by atoms with E-state index in [0.717, 1.165) is 12.0 Å². The van der Waals surface area contributed by atoms with Crippen LogP contribution >= 0.6 is 0 Å². The molecule has 1 aromatic carbocycles. The fourth-order valence-electron chi connectivity index (χ4n) is 3.78. The number of nitrogens with two attached hydrogens (primary N) is 1. The molecule has 0 bridgehead atoms. The Hall–Kier alpha value is -2.62. The lowest BCUT2D eigenvalue weighted by Gasteiger charge is -2.26. The van der Waals surface area contributed by atoms with E-state index < -0.39 is 16.1 Å². The number of aryl methyl sites for hydroxylation is 1. The first kappa shape index (κ1) is 19.7. The summed E-state index contributed by atoms with van der Waals surface area (Å²) >= 11 is 0. The summed E-state index contributed by atoms with van der Waals surface area (Å²) in [6.45, 7) is 4.44. The van der Waals surface area contributed by atoms with Gasteiger partial charge >= 0.3 is 0 Å². The lowest BCUT2D eigenvalue weighted by Crippen LogP contribution is -2.35. The Bertz CT molecular complexity index is 1140. The monoisotopic (exact) mass is 415 g/mol. The van der Waals surface area contributed by atoms with Crippen LogP contribution in [0.15, 0.2) is 47.6 Å². The van der Waals surface area contributed by atoms with Crippen LogP contribution in [0.3, 0.4) is 0 Å². The molecule has 4 rings (SSSR count). The molecule has 154 valence electrons. The van der Waals surface area contributed by atoms with Gasteiger partial charge in [0.05, 0.1) is 28.6 Å². The van der Waals surface area contributed by atoms with Gasteiger partial charge in [-0.15, -0.1) is 0 Å². The first-order valence-corrected chi connectivity index (χ1v) is 11.0. The number of anilines is 2. The van der Waals surface area contributed by atoms with Crippen LogP contribution in [-0.4, -0.2) is 46.2 Å². The van der Waals surface area contributed by atoms with E-state index in [2.05, 4.69) is 17.3 Å². The fourth-order valence-corrected chi connectivity index (χ4v) is 5.08. The third-order valence-corrected chi connectivity index (χ3v) is 7.09. The number of hydrazine groups is 1. The normalized spacial score (nSPS) is 20.4. The first-order chi connectivity index (χ1) is 13.8. The summed E-state index contributed by atoms with van der Waals surface area (Å²) in [5.41, 5.74) is 11.8. The second-order valence-electron chi connectivity index (χ2n) is 7.47. The van der Waals surface area contributed by atoms with Gasteiger partial charge in [0.15, 0.2) is 5.65 Å². The van der Waals surface area contributed by atoms with Gasteiger partial charge in [-0.05, 0) is 38.0 Å². The second kappa shape index (κ2) is 7.33. The summed E-state index contributed by atoms with van der Waals surface area (Å²) < 4.78 is 27.4. The minimum Gasteiger partial charge on any atom is -0.396 e. The molecule has 2 aromatic heterocycles. The molecular weight excluding hydrogens is 390 g/mol. The van der Waals surface area contributed by atoms with E-state index in [1.807, 2.05) is 11.9 Å². The van der Waals surface area contributed by atoms with E-state index in [4.69, 9.17) is 5.73 Å². The van der Waals surface area contributed by atoms with E-state index in [0.29, 0.717) is 35.4 Å². The van der Waals surface area contributed by atoms with E-state index in [1.165, 1.54) is 16.4 Å². The van der Waals surface area contributed by atoms with Crippen molar-refractivity contribution in [1.82, 2.24) is 14.0 Å². The molecule has 2 atom stereocenters. The number of pyridine rings is 1. The summed E-state index contributed by atoms with van der Waals surface area (Å²) in [6.07, 6.45) is 4.10. The number of fused-ring (bicyclic) bond motifs is 1. The Morgan fingerprint density at radius 2 is 2.00 bits per heavy atom. The van der Waals surface area contributed by atoms with Gasteiger partial charge in [-0.3, -0.25) is 0 Å². The van der Waals surface area contributed by atoms with Gasteiger partial charge in [0.25, 0.3) is 10.0 Å². The van der Waals surface area contributed by atoms with Gasteiger partial charge in [0.2, 0.25) is 0 Å². The largest absolute Gasteiger partial charge is 0.396 e. The highest BCUT2D eigenvalue weighted by Crippen LogP contribution is 2.32. The minimum atomic E-state index is -3.79. The number of aliphatic hydroxyl groups is 1. The third-order valence-electron chi connectivity index (χ3n) is 5.41. The molecule has 0 saturated carbocycles. The summed E-state index contributed by atoms with van der Waals surface area (Å²) in [4.78, 5) is 4.49. The SMILES string of the molecule is CC[C@@H]1C[C@@H](O)CN1Nc1c(N)cnc2c1ccn2S(=O)(=O)c1ccc(C)cc1. The number of aromatic nitrogens is 2. The smallest absolute Gasteiger partial charge is 0.269 e. The number of benzene rings is 1. The van der Waals surface area contributed by atoms with Crippen LogP contribution in [0.2, 0.25) is 0 Å². The third kappa shape index (κ3) is 3.45. The summed E-state index contributed by atoms with van der Waals surface area (Å²) in [6, 6.07) is 8.57. The van der Waals surface area contributed by atoms with E-state index in [1.54, 1.807) is 30.3 Å². The van der Waals surface area contributed by atoms with Crippen LogP contribution in [0.25, 0.3) is 11.0 Å². The molecule has 0 radical (unpaired) electrons. The Labute approximate surface area is 170 Å². The number of hydrogen-bond donors (Lipinski definition) is 3. The van der Waals surface area contributed by atoms with Crippen LogP contribution in [-0.2, 0) is 10.0 Å². The molecule has 0 unspecified atom stereocenters. The van der Waals surface area contributed by atoms with Crippen molar-refractivity contribution in [2.24, 2.45) is 0 Å². The topological polar surface area (TPSA) is 113 Å². The summed E-state index contributed by atoms with van der Waals surface area (Å²) in [5, 5.41) is 12.6. The molecule has 1 aliphatic rings. The molecule has 0 spiro atoms. The molecule has 29 heavy (non-hydrogen) atoms. The molecule has 3 aromatic rings. The zero-order valence-corrected chi connectivity index (χ0v) is 17.2. The average molecular weight is 416 g/mol. The highest BCUT2D eigenvalue weighted by molar-refractivity contribution is 7.90. The molecular formula is C20H25N5O3S. The molecule has 9 heteroatoms. The highest BCUT2D eigenvalue weighted by Gasteiger charge is 2.31. The molecule has 1 fully saturated rings. The van der Waals surface area contributed by atoms with Crippen molar-refractivity contribution < 1.29 is 13.5 Å². The van der Waals surface area contributed by atoms with Crippen molar-refractivity contribution in [1.29, 1.82) is 0 Å². The summed E-state index contributed by atoms with van der Waals surface area (Å²) in [5.74, 6) is 0. The molecule has 8 nitrogen and oxygen atoms in total. The number of β-amino-alcohol motifs (C(OH)–C–C–N with tert-alkyl or cyclic N) is 1. The number of nitrogen functional groups attached to an aromatic ring is 1. The van der Waals surface area contributed by atoms with Crippen LogP contribution in [0.4, 0.5) is 11.4 Å². The maximum Gasteiger partial charge on any atom is 0.269 e. The Morgan fingerprint density at radius 3 is 2.69 bits per heavy atom. The van der Waals surface area contributed by atoms with Crippen molar-refractivity contribution in [2.45, 2.75) is 43.7 Å². The van der Waals surface area contributed by atoms with Crippen molar-refractivity contribution in [3.63, 3.8) is 0 Å². The van der Waals surface area contributed by atoms with Crippen LogP contribution in [0.1, 0.15) is 25.3 Å². The standard InChI is InChI=1S/C20H25N5O3S/c1-3-14-10-15(26)12-24(14)23-19-17-8-9-25(20(17)22-11-18(19)21)29(27,28)16-6-4-13(2)5-7-16/h4-9,11,14-15,26H,3,10,12,21H2,1-2H3,(H,22,23)/t14-,15-/m1/s1. The number of aliphatic hydroxyl groups excluding tert-OH is 1. The minimum absolute atomic E-state index is 0.172. The van der Waals surface area contributed by atoms with Crippen molar-refractivity contribution >= 4 is 32.4 Å². The quantitative estimate of drug-likeness (QED) is 0.586. The van der Waals surface area contributed by atoms with Gasteiger partial charge < -0.3 is 16.3 Å². The number of rotatable bonds is 5. The van der Waals surface area contributed by atoms with Crippen molar-refractivity contribution in [3.8, 4) is 0 Å². The van der Waals surface area contributed by atoms with Gasteiger partial charge in [-0.2, -0.15) is 0 Å². The van der Waals surface area contributed by atoms with Gasteiger partial charge in [-0.1, -0.05) is 24.6 Å². The Kier molecular flexibility index (Phi) is 4.97. The highest BCUT2D eigenvalue weighted by atomic mass is 32.2. The van der Waals surface area contributed by atoms with Gasteiger partial charge in [-0.25, -0.2) is 22.4 Å². The van der Waals surface area contributed by atoms with Gasteiger partial charge in [0, 0.05) is 24.2 Å².